The molecule has 4 rings (SSSR count). The number of amides is 2. The highest BCUT2D eigenvalue weighted by Crippen LogP contribution is 2.31. The standard InChI is InChI=1S/C22H19ClN4O3S/c1-12-7-8-14(9-16(12)23)24-20(29)15-10-17(28)25-19-18(15)21(30)27-22(26-19)31-11-13-5-3-2-4-6-13/h2-9,15H,10-11H2,1H3,(H,24,29)(H2,25,26,27,28,30). The van der Waals surface area contributed by atoms with Crippen LogP contribution in [0.5, 0.6) is 0 Å². The molecule has 1 atom stereocenters. The molecule has 1 aromatic heterocycles. The van der Waals surface area contributed by atoms with Crippen LogP contribution in [-0.4, -0.2) is 21.8 Å². The summed E-state index contributed by atoms with van der Waals surface area (Å²) in [5, 5.41) is 6.25. The van der Waals surface area contributed by atoms with Crippen molar-refractivity contribution in [2.24, 2.45) is 0 Å². The number of nitrogens with zero attached hydrogens (tertiary/aromatic N) is 1. The molecule has 0 aliphatic carbocycles. The summed E-state index contributed by atoms with van der Waals surface area (Å²) in [4.78, 5) is 45.0. The summed E-state index contributed by atoms with van der Waals surface area (Å²) < 4.78 is 0. The number of aryl methyl sites for hydroxylation is 1. The SMILES string of the molecule is Cc1ccc(NC(=O)C2CC(=O)Nc3nc(SCc4ccccc4)[nH]c(=O)c32)cc1Cl. The number of fused-ring (bicyclic) bond motifs is 1. The number of halogens is 1. The topological polar surface area (TPSA) is 104 Å². The number of anilines is 2. The second-order valence-corrected chi connectivity index (χ2v) is 8.54. The zero-order valence-corrected chi connectivity index (χ0v) is 18.1. The highest BCUT2D eigenvalue weighted by atomic mass is 35.5. The predicted octanol–water partition coefficient (Wildman–Crippen LogP) is 4.09. The molecule has 2 aromatic carbocycles. The highest BCUT2D eigenvalue weighted by molar-refractivity contribution is 7.98. The minimum absolute atomic E-state index is 0.123. The Hall–Kier alpha value is -3.10. The molecule has 9 heteroatoms. The summed E-state index contributed by atoms with van der Waals surface area (Å²) in [6.07, 6.45) is -0.139. The molecule has 0 saturated heterocycles. The Morgan fingerprint density at radius 3 is 2.74 bits per heavy atom. The van der Waals surface area contributed by atoms with Gasteiger partial charge in [-0.1, -0.05) is 59.8 Å². The molecule has 7 nitrogen and oxygen atoms in total. The number of nitrogens with one attached hydrogen (secondary N) is 3. The molecular formula is C22H19ClN4O3S. The molecule has 0 bridgehead atoms. The van der Waals surface area contributed by atoms with Gasteiger partial charge in [0, 0.05) is 22.9 Å². The number of hydrogen-bond donors (Lipinski definition) is 3. The summed E-state index contributed by atoms with van der Waals surface area (Å²) in [6, 6.07) is 14.9. The zero-order chi connectivity index (χ0) is 22.0. The van der Waals surface area contributed by atoms with E-state index in [0.29, 0.717) is 21.6 Å². The van der Waals surface area contributed by atoms with Crippen molar-refractivity contribution < 1.29 is 9.59 Å². The Kier molecular flexibility index (Phi) is 6.11. The van der Waals surface area contributed by atoms with Gasteiger partial charge in [0.25, 0.3) is 5.56 Å². The molecule has 0 fully saturated rings. The minimum Gasteiger partial charge on any atom is -0.325 e. The maximum atomic E-state index is 12.9. The van der Waals surface area contributed by atoms with Gasteiger partial charge >= 0.3 is 0 Å². The molecule has 1 aliphatic heterocycles. The molecule has 1 aliphatic rings. The first kappa shape index (κ1) is 21.1. The molecule has 0 radical (unpaired) electrons. The van der Waals surface area contributed by atoms with Crippen LogP contribution in [0.3, 0.4) is 0 Å². The average molecular weight is 455 g/mol. The highest BCUT2D eigenvalue weighted by Gasteiger charge is 2.34. The van der Waals surface area contributed by atoms with Crippen LogP contribution >= 0.6 is 23.4 Å². The van der Waals surface area contributed by atoms with E-state index in [1.54, 1.807) is 18.2 Å². The second kappa shape index (κ2) is 8.95. The Morgan fingerprint density at radius 2 is 2.00 bits per heavy atom. The van der Waals surface area contributed by atoms with E-state index in [1.165, 1.54) is 11.8 Å². The fourth-order valence-electron chi connectivity index (χ4n) is 3.27. The molecule has 3 N–H and O–H groups in total. The third-order valence-electron chi connectivity index (χ3n) is 4.90. The fourth-order valence-corrected chi connectivity index (χ4v) is 4.27. The maximum Gasteiger partial charge on any atom is 0.257 e. The Bertz CT molecular complexity index is 1210. The lowest BCUT2D eigenvalue weighted by molar-refractivity contribution is -0.123. The van der Waals surface area contributed by atoms with Gasteiger partial charge in [-0.05, 0) is 30.2 Å². The van der Waals surface area contributed by atoms with Crippen LogP contribution in [0.15, 0.2) is 58.5 Å². The first-order valence-electron chi connectivity index (χ1n) is 9.58. The number of thioether (sulfide) groups is 1. The third kappa shape index (κ3) is 4.81. The van der Waals surface area contributed by atoms with Crippen molar-refractivity contribution in [3.63, 3.8) is 0 Å². The lowest BCUT2D eigenvalue weighted by Gasteiger charge is -2.23. The Labute approximate surface area is 187 Å². The quantitative estimate of drug-likeness (QED) is 0.398. The molecule has 158 valence electrons. The van der Waals surface area contributed by atoms with E-state index in [0.717, 1.165) is 11.1 Å². The minimum atomic E-state index is -0.951. The van der Waals surface area contributed by atoms with E-state index in [4.69, 9.17) is 11.6 Å². The van der Waals surface area contributed by atoms with Gasteiger partial charge in [0.1, 0.15) is 5.82 Å². The third-order valence-corrected chi connectivity index (χ3v) is 6.26. The lowest BCUT2D eigenvalue weighted by atomic mass is 9.92. The van der Waals surface area contributed by atoms with Crippen LogP contribution in [0, 0.1) is 6.92 Å². The van der Waals surface area contributed by atoms with Gasteiger partial charge in [0.05, 0.1) is 11.5 Å². The number of aromatic nitrogens is 2. The predicted molar refractivity (Wildman–Crippen MR) is 122 cm³/mol. The molecular weight excluding hydrogens is 436 g/mol. The van der Waals surface area contributed by atoms with Gasteiger partial charge in [0.15, 0.2) is 5.16 Å². The van der Waals surface area contributed by atoms with E-state index in [9.17, 15) is 14.4 Å². The van der Waals surface area contributed by atoms with E-state index in [1.807, 2.05) is 37.3 Å². The van der Waals surface area contributed by atoms with E-state index in [-0.39, 0.29) is 23.7 Å². The molecule has 2 heterocycles. The van der Waals surface area contributed by atoms with Crippen LogP contribution in [-0.2, 0) is 15.3 Å². The maximum absolute atomic E-state index is 12.9. The molecule has 1 unspecified atom stereocenters. The van der Waals surface area contributed by atoms with Gasteiger partial charge < -0.3 is 15.6 Å². The lowest BCUT2D eigenvalue weighted by Crippen LogP contribution is -2.36. The number of aromatic amines is 1. The second-order valence-electron chi connectivity index (χ2n) is 7.17. The summed E-state index contributed by atoms with van der Waals surface area (Å²) in [5.41, 5.74) is 2.16. The molecule has 2 amide bonds. The van der Waals surface area contributed by atoms with Crippen molar-refractivity contribution in [2.45, 2.75) is 30.2 Å². The average Bonchev–Trinajstić information content (AvgIpc) is 2.74. The largest absolute Gasteiger partial charge is 0.325 e. The number of hydrogen-bond acceptors (Lipinski definition) is 5. The van der Waals surface area contributed by atoms with Gasteiger partial charge in [-0.25, -0.2) is 4.98 Å². The molecule has 31 heavy (non-hydrogen) atoms. The van der Waals surface area contributed by atoms with E-state index < -0.39 is 17.4 Å². The van der Waals surface area contributed by atoms with E-state index >= 15 is 0 Å². The smallest absolute Gasteiger partial charge is 0.257 e. The monoisotopic (exact) mass is 454 g/mol. The number of H-pyrrole nitrogens is 1. The van der Waals surface area contributed by atoms with Crippen LogP contribution in [0.25, 0.3) is 0 Å². The van der Waals surface area contributed by atoms with Gasteiger partial charge in [-0.15, -0.1) is 0 Å². The van der Waals surface area contributed by atoms with Gasteiger partial charge in [-0.3, -0.25) is 14.4 Å². The zero-order valence-electron chi connectivity index (χ0n) is 16.6. The molecule has 3 aromatic rings. The first-order valence-corrected chi connectivity index (χ1v) is 10.9. The number of carbonyl (C=O) groups excluding carboxylic acids is 2. The van der Waals surface area contributed by atoms with Crippen molar-refractivity contribution in [1.29, 1.82) is 0 Å². The summed E-state index contributed by atoms with van der Waals surface area (Å²) >= 11 is 7.46. The Balaban J connectivity index is 1.58. The molecule has 0 saturated carbocycles. The summed E-state index contributed by atoms with van der Waals surface area (Å²) in [6.45, 7) is 1.86. The summed E-state index contributed by atoms with van der Waals surface area (Å²) in [5.74, 6) is -1.06. The number of benzene rings is 2. The fraction of sp³-hybridized carbons (Fsp3) is 0.182. The van der Waals surface area contributed by atoms with Crippen molar-refractivity contribution in [1.82, 2.24) is 9.97 Å². The van der Waals surface area contributed by atoms with Crippen molar-refractivity contribution in [2.75, 3.05) is 10.6 Å². The normalized spacial score (nSPS) is 15.2. The van der Waals surface area contributed by atoms with Crippen molar-refractivity contribution >= 4 is 46.7 Å². The van der Waals surface area contributed by atoms with Crippen LogP contribution < -0.4 is 16.2 Å². The van der Waals surface area contributed by atoms with E-state index in [2.05, 4.69) is 20.6 Å². The van der Waals surface area contributed by atoms with Crippen LogP contribution in [0.1, 0.15) is 29.0 Å². The Morgan fingerprint density at radius 1 is 1.23 bits per heavy atom. The van der Waals surface area contributed by atoms with Crippen LogP contribution in [0.4, 0.5) is 11.5 Å². The van der Waals surface area contributed by atoms with Gasteiger partial charge in [-0.2, -0.15) is 0 Å². The van der Waals surface area contributed by atoms with Crippen molar-refractivity contribution in [3.8, 4) is 0 Å². The number of carbonyl (C=O) groups is 2. The first-order chi connectivity index (χ1) is 14.9. The van der Waals surface area contributed by atoms with Gasteiger partial charge in [0.2, 0.25) is 11.8 Å². The van der Waals surface area contributed by atoms with Crippen molar-refractivity contribution in [3.05, 3.63) is 80.6 Å². The summed E-state index contributed by atoms with van der Waals surface area (Å²) in [7, 11) is 0. The number of rotatable bonds is 5. The van der Waals surface area contributed by atoms with Crippen LogP contribution in [0.2, 0.25) is 5.02 Å². The molecule has 0 spiro atoms.